The summed E-state index contributed by atoms with van der Waals surface area (Å²) in [5.74, 6) is -3.63. The van der Waals surface area contributed by atoms with Crippen molar-refractivity contribution in [2.75, 3.05) is 26.2 Å². The largest absolute Gasteiger partial charge is 0.480 e. The second kappa shape index (κ2) is 10.1. The molecule has 0 saturated heterocycles. The number of carboxylic acids is 1. The number of carbonyl (C=O) groups excluding carboxylic acids is 4. The first-order valence-electron chi connectivity index (χ1n) is 6.28. The Bertz CT molecular complexity index is 452. The average molecular weight is 317 g/mol. The first-order valence-corrected chi connectivity index (χ1v) is 6.28. The summed E-state index contributed by atoms with van der Waals surface area (Å²) in [5.41, 5.74) is 5.04. The highest BCUT2D eigenvalue weighted by molar-refractivity contribution is 5.92. The summed E-state index contributed by atoms with van der Waals surface area (Å²) in [7, 11) is 0. The summed E-state index contributed by atoms with van der Waals surface area (Å²) in [4.78, 5) is 55.2. The van der Waals surface area contributed by atoms with Gasteiger partial charge in [0.25, 0.3) is 0 Å². The minimum absolute atomic E-state index is 0.255. The molecule has 11 nitrogen and oxygen atoms in total. The molecule has 0 unspecified atom stereocenters. The molecule has 0 rings (SSSR count). The van der Waals surface area contributed by atoms with Gasteiger partial charge in [0.1, 0.15) is 12.6 Å². The first kappa shape index (κ1) is 19.3. The fourth-order valence-corrected chi connectivity index (χ4v) is 1.17. The predicted octanol–water partition coefficient (Wildman–Crippen LogP) is -4.12. The highest BCUT2D eigenvalue weighted by Crippen LogP contribution is 1.82. The lowest BCUT2D eigenvalue weighted by Crippen LogP contribution is -2.50. The lowest BCUT2D eigenvalue weighted by molar-refractivity contribution is -0.138. The van der Waals surface area contributed by atoms with Crippen molar-refractivity contribution in [3.8, 4) is 0 Å². The Balaban J connectivity index is 4.00. The first-order chi connectivity index (χ1) is 10.3. The molecule has 0 bridgehead atoms. The standard InChI is InChI=1S/C11H19N5O6/c1-6(16-9(19)4-13-7(17)2-12)11(22)15-3-8(18)14-5-10(20)21/h6H,2-5,12H2,1H3,(H,13,17)(H,14,18)(H,15,22)(H,16,19)(H,20,21)/t6-/m0/s1. The van der Waals surface area contributed by atoms with E-state index < -0.39 is 48.7 Å². The van der Waals surface area contributed by atoms with Crippen LogP contribution in [0.4, 0.5) is 0 Å². The molecule has 0 radical (unpaired) electrons. The van der Waals surface area contributed by atoms with Gasteiger partial charge in [-0.05, 0) is 6.92 Å². The van der Waals surface area contributed by atoms with E-state index in [1.165, 1.54) is 6.92 Å². The highest BCUT2D eigenvalue weighted by Gasteiger charge is 2.16. The van der Waals surface area contributed by atoms with E-state index in [9.17, 15) is 24.0 Å². The lowest BCUT2D eigenvalue weighted by Gasteiger charge is -2.14. The van der Waals surface area contributed by atoms with Crippen LogP contribution in [-0.4, -0.2) is 66.9 Å². The maximum atomic E-state index is 11.6. The van der Waals surface area contributed by atoms with Gasteiger partial charge in [0.15, 0.2) is 0 Å². The van der Waals surface area contributed by atoms with Gasteiger partial charge in [-0.2, -0.15) is 0 Å². The number of nitrogens with two attached hydrogens (primary N) is 1. The lowest BCUT2D eigenvalue weighted by atomic mass is 10.3. The Kier molecular flexibility index (Phi) is 8.86. The zero-order chi connectivity index (χ0) is 17.1. The Labute approximate surface area is 126 Å². The summed E-state index contributed by atoms with van der Waals surface area (Å²) >= 11 is 0. The molecular formula is C11H19N5O6. The molecule has 11 heteroatoms. The van der Waals surface area contributed by atoms with E-state index >= 15 is 0 Å². The molecule has 0 aliphatic carbocycles. The Morgan fingerprint density at radius 1 is 0.909 bits per heavy atom. The number of carbonyl (C=O) groups is 5. The van der Waals surface area contributed by atoms with Crippen LogP contribution in [0.3, 0.4) is 0 Å². The summed E-state index contributed by atoms with van der Waals surface area (Å²) in [6.45, 7) is -0.174. The van der Waals surface area contributed by atoms with Crippen molar-refractivity contribution in [3.05, 3.63) is 0 Å². The maximum Gasteiger partial charge on any atom is 0.322 e. The molecule has 1 atom stereocenters. The molecule has 0 spiro atoms. The van der Waals surface area contributed by atoms with E-state index in [4.69, 9.17) is 10.8 Å². The van der Waals surface area contributed by atoms with Gasteiger partial charge in [-0.25, -0.2) is 0 Å². The number of hydrogen-bond acceptors (Lipinski definition) is 6. The van der Waals surface area contributed by atoms with Crippen LogP contribution in [0.1, 0.15) is 6.92 Å². The number of carboxylic acid groups (broad SMARTS) is 1. The van der Waals surface area contributed by atoms with Crippen LogP contribution in [-0.2, 0) is 24.0 Å². The van der Waals surface area contributed by atoms with Gasteiger partial charge in [0.05, 0.1) is 19.6 Å². The molecule has 0 aromatic carbocycles. The van der Waals surface area contributed by atoms with Gasteiger partial charge < -0.3 is 32.1 Å². The second-order valence-electron chi connectivity index (χ2n) is 4.16. The van der Waals surface area contributed by atoms with Crippen LogP contribution < -0.4 is 27.0 Å². The zero-order valence-electron chi connectivity index (χ0n) is 12.0. The number of nitrogens with one attached hydrogen (secondary N) is 4. The molecule has 124 valence electrons. The Morgan fingerprint density at radius 3 is 2.00 bits per heavy atom. The second-order valence-corrected chi connectivity index (χ2v) is 4.16. The van der Waals surface area contributed by atoms with Gasteiger partial charge in [0.2, 0.25) is 23.6 Å². The highest BCUT2D eigenvalue weighted by atomic mass is 16.4. The van der Waals surface area contributed by atoms with Crippen molar-refractivity contribution in [1.29, 1.82) is 0 Å². The third-order valence-electron chi connectivity index (χ3n) is 2.26. The van der Waals surface area contributed by atoms with Crippen LogP contribution in [0.25, 0.3) is 0 Å². The van der Waals surface area contributed by atoms with E-state index in [1.54, 1.807) is 0 Å². The SMILES string of the molecule is C[C@H](NC(=O)CNC(=O)CN)C(=O)NCC(=O)NCC(=O)O. The number of hydrogen-bond donors (Lipinski definition) is 6. The minimum Gasteiger partial charge on any atom is -0.480 e. The van der Waals surface area contributed by atoms with Crippen molar-refractivity contribution in [2.45, 2.75) is 13.0 Å². The van der Waals surface area contributed by atoms with Gasteiger partial charge in [-0.3, -0.25) is 24.0 Å². The van der Waals surface area contributed by atoms with E-state index in [1.807, 2.05) is 0 Å². The molecule has 0 aromatic heterocycles. The third-order valence-corrected chi connectivity index (χ3v) is 2.26. The molecule has 22 heavy (non-hydrogen) atoms. The van der Waals surface area contributed by atoms with Crippen LogP contribution >= 0.6 is 0 Å². The summed E-state index contributed by atoms with van der Waals surface area (Å²) < 4.78 is 0. The number of aliphatic carboxylic acids is 1. The number of amides is 4. The van der Waals surface area contributed by atoms with Crippen LogP contribution in [0.5, 0.6) is 0 Å². The predicted molar refractivity (Wildman–Crippen MR) is 73.3 cm³/mol. The third kappa shape index (κ3) is 9.25. The van der Waals surface area contributed by atoms with Crippen molar-refractivity contribution < 1.29 is 29.1 Å². The van der Waals surface area contributed by atoms with E-state index in [0.29, 0.717) is 0 Å². The molecular weight excluding hydrogens is 298 g/mol. The normalized spacial score (nSPS) is 11.0. The molecule has 0 aromatic rings. The van der Waals surface area contributed by atoms with Crippen molar-refractivity contribution in [1.82, 2.24) is 21.3 Å². The Hall–Kier alpha value is -2.69. The van der Waals surface area contributed by atoms with Gasteiger partial charge in [0, 0.05) is 0 Å². The van der Waals surface area contributed by atoms with E-state index in [-0.39, 0.29) is 13.1 Å². The molecule has 7 N–H and O–H groups in total. The van der Waals surface area contributed by atoms with E-state index in [0.717, 1.165) is 0 Å². The minimum atomic E-state index is -1.21. The molecule has 4 amide bonds. The van der Waals surface area contributed by atoms with E-state index in [2.05, 4.69) is 21.3 Å². The van der Waals surface area contributed by atoms with Crippen LogP contribution in [0, 0.1) is 0 Å². The monoisotopic (exact) mass is 317 g/mol. The van der Waals surface area contributed by atoms with Crippen molar-refractivity contribution >= 4 is 29.6 Å². The number of rotatable bonds is 9. The summed E-state index contributed by atoms with van der Waals surface area (Å²) in [5, 5.41) is 17.2. The molecule has 0 heterocycles. The molecule has 0 aliphatic rings. The quantitative estimate of drug-likeness (QED) is 0.250. The Morgan fingerprint density at radius 2 is 1.45 bits per heavy atom. The molecule has 0 aliphatic heterocycles. The van der Waals surface area contributed by atoms with Crippen LogP contribution in [0.15, 0.2) is 0 Å². The smallest absolute Gasteiger partial charge is 0.322 e. The summed E-state index contributed by atoms with van der Waals surface area (Å²) in [6.07, 6.45) is 0. The zero-order valence-corrected chi connectivity index (χ0v) is 12.0. The van der Waals surface area contributed by atoms with Crippen LogP contribution in [0.2, 0.25) is 0 Å². The average Bonchev–Trinajstić information content (AvgIpc) is 2.47. The topological polar surface area (TPSA) is 180 Å². The van der Waals surface area contributed by atoms with Crippen molar-refractivity contribution in [3.63, 3.8) is 0 Å². The fourth-order valence-electron chi connectivity index (χ4n) is 1.17. The fraction of sp³-hybridized carbons (Fsp3) is 0.545. The maximum absolute atomic E-state index is 11.6. The van der Waals surface area contributed by atoms with Gasteiger partial charge >= 0.3 is 5.97 Å². The van der Waals surface area contributed by atoms with Gasteiger partial charge in [-0.1, -0.05) is 0 Å². The summed E-state index contributed by atoms with van der Waals surface area (Å²) in [6, 6.07) is -0.936. The molecule has 0 saturated carbocycles. The molecule has 0 fully saturated rings. The van der Waals surface area contributed by atoms with Crippen molar-refractivity contribution in [2.24, 2.45) is 5.73 Å². The van der Waals surface area contributed by atoms with Gasteiger partial charge in [-0.15, -0.1) is 0 Å².